The van der Waals surface area contributed by atoms with Crippen molar-refractivity contribution in [3.8, 4) is 11.1 Å². The summed E-state index contributed by atoms with van der Waals surface area (Å²) in [4.78, 5) is 10.6. The van der Waals surface area contributed by atoms with Gasteiger partial charge >= 0.3 is 0 Å². The predicted molar refractivity (Wildman–Crippen MR) is 76.1 cm³/mol. The van der Waals surface area contributed by atoms with Gasteiger partial charge in [-0.05, 0) is 22.8 Å². The molecular formula is C16H15NO. The zero-order valence-corrected chi connectivity index (χ0v) is 10.1. The zero-order valence-electron chi connectivity index (χ0n) is 10.1. The minimum absolute atomic E-state index is 0.430. The summed E-state index contributed by atoms with van der Waals surface area (Å²) < 4.78 is 0. The molecule has 0 fully saturated rings. The van der Waals surface area contributed by atoms with Gasteiger partial charge in [0, 0.05) is 17.7 Å². The fraction of sp³-hybridized carbons (Fsp3) is 0.0625. The average molecular weight is 237 g/mol. The van der Waals surface area contributed by atoms with E-state index < -0.39 is 0 Å². The molecule has 0 bridgehead atoms. The van der Waals surface area contributed by atoms with Crippen molar-refractivity contribution in [1.82, 2.24) is 0 Å². The van der Waals surface area contributed by atoms with E-state index >= 15 is 0 Å². The Kier molecular flexibility index (Phi) is 3.58. The number of nitrogen functional groups attached to an aromatic ring is 1. The zero-order chi connectivity index (χ0) is 13.0. The monoisotopic (exact) mass is 237 g/mol. The molecule has 2 rings (SSSR count). The maximum Gasteiger partial charge on any atom is 0.124 e. The van der Waals surface area contributed by atoms with E-state index in [9.17, 15) is 4.79 Å². The molecule has 2 aromatic carbocycles. The first-order valence-electron chi connectivity index (χ1n) is 5.80. The molecule has 0 atom stereocenters. The van der Waals surface area contributed by atoms with Gasteiger partial charge in [-0.15, -0.1) is 0 Å². The van der Waals surface area contributed by atoms with Crippen molar-refractivity contribution in [2.45, 2.75) is 6.42 Å². The second-order valence-electron chi connectivity index (χ2n) is 4.08. The van der Waals surface area contributed by atoms with Crippen LogP contribution in [-0.2, 0) is 11.2 Å². The molecule has 0 heterocycles. The number of carbonyl (C=O) groups is 1. The lowest BCUT2D eigenvalue weighted by atomic mass is 9.96. The molecule has 0 amide bonds. The maximum absolute atomic E-state index is 10.6. The van der Waals surface area contributed by atoms with Crippen LogP contribution >= 0.6 is 0 Å². The SMILES string of the molecule is C=Cc1c(N)cccc1-c1cccc(CC=O)c1. The predicted octanol–water partition coefficient (Wildman–Crippen LogP) is 3.32. The van der Waals surface area contributed by atoms with E-state index in [1.165, 1.54) is 0 Å². The van der Waals surface area contributed by atoms with Gasteiger partial charge in [0.25, 0.3) is 0 Å². The van der Waals surface area contributed by atoms with E-state index in [1.807, 2.05) is 42.5 Å². The van der Waals surface area contributed by atoms with E-state index in [0.717, 1.165) is 28.5 Å². The molecule has 0 aliphatic carbocycles. The van der Waals surface area contributed by atoms with E-state index in [0.29, 0.717) is 12.1 Å². The van der Waals surface area contributed by atoms with Crippen LogP contribution in [0.1, 0.15) is 11.1 Å². The molecule has 0 saturated carbocycles. The number of aldehydes is 1. The third-order valence-corrected chi connectivity index (χ3v) is 2.90. The van der Waals surface area contributed by atoms with E-state index in [-0.39, 0.29) is 0 Å². The van der Waals surface area contributed by atoms with Crippen LogP contribution in [0.5, 0.6) is 0 Å². The largest absolute Gasteiger partial charge is 0.398 e. The maximum atomic E-state index is 10.6. The fourth-order valence-corrected chi connectivity index (χ4v) is 2.02. The van der Waals surface area contributed by atoms with Crippen molar-refractivity contribution < 1.29 is 4.79 Å². The van der Waals surface area contributed by atoms with E-state index in [1.54, 1.807) is 6.08 Å². The van der Waals surface area contributed by atoms with Crippen LogP contribution in [0.2, 0.25) is 0 Å². The molecule has 0 unspecified atom stereocenters. The molecule has 2 heteroatoms. The molecule has 2 aromatic rings. The highest BCUT2D eigenvalue weighted by atomic mass is 16.1. The second kappa shape index (κ2) is 5.32. The standard InChI is InChI=1S/C16H15NO/c1-2-14-15(7-4-8-16(14)17)13-6-3-5-12(11-13)9-10-18/h2-8,10-11H,1,9,17H2. The summed E-state index contributed by atoms with van der Waals surface area (Å²) in [7, 11) is 0. The lowest BCUT2D eigenvalue weighted by Gasteiger charge is -2.10. The van der Waals surface area contributed by atoms with Crippen LogP contribution in [-0.4, -0.2) is 6.29 Å². The molecule has 2 N–H and O–H groups in total. The van der Waals surface area contributed by atoms with Gasteiger partial charge < -0.3 is 10.5 Å². The second-order valence-corrected chi connectivity index (χ2v) is 4.08. The van der Waals surface area contributed by atoms with Crippen molar-refractivity contribution >= 4 is 18.0 Å². The van der Waals surface area contributed by atoms with Crippen molar-refractivity contribution in [2.75, 3.05) is 5.73 Å². The van der Waals surface area contributed by atoms with Gasteiger partial charge in [-0.25, -0.2) is 0 Å². The van der Waals surface area contributed by atoms with E-state index in [2.05, 4.69) is 6.58 Å². The summed E-state index contributed by atoms with van der Waals surface area (Å²) >= 11 is 0. The Hall–Kier alpha value is -2.35. The number of anilines is 1. The summed E-state index contributed by atoms with van der Waals surface area (Å²) in [5.41, 5.74) is 10.7. The number of nitrogens with two attached hydrogens (primary N) is 1. The van der Waals surface area contributed by atoms with Crippen LogP contribution < -0.4 is 5.73 Å². The Labute approximate surface area is 107 Å². The third-order valence-electron chi connectivity index (χ3n) is 2.90. The lowest BCUT2D eigenvalue weighted by Crippen LogP contribution is -1.93. The molecule has 18 heavy (non-hydrogen) atoms. The summed E-state index contributed by atoms with van der Waals surface area (Å²) in [5.74, 6) is 0. The summed E-state index contributed by atoms with van der Waals surface area (Å²) in [6, 6.07) is 13.7. The Morgan fingerprint density at radius 3 is 2.67 bits per heavy atom. The Bertz CT molecular complexity index is 587. The molecule has 0 saturated heterocycles. The average Bonchev–Trinajstić information content (AvgIpc) is 2.39. The van der Waals surface area contributed by atoms with Crippen LogP contribution in [0, 0.1) is 0 Å². The highest BCUT2D eigenvalue weighted by Gasteiger charge is 2.05. The van der Waals surface area contributed by atoms with Crippen molar-refractivity contribution in [3.63, 3.8) is 0 Å². The van der Waals surface area contributed by atoms with Crippen molar-refractivity contribution in [3.05, 3.63) is 60.2 Å². The fourth-order valence-electron chi connectivity index (χ4n) is 2.02. The van der Waals surface area contributed by atoms with Crippen LogP contribution in [0.4, 0.5) is 5.69 Å². The highest BCUT2D eigenvalue weighted by molar-refractivity contribution is 5.81. The van der Waals surface area contributed by atoms with Crippen molar-refractivity contribution in [1.29, 1.82) is 0 Å². The first-order valence-corrected chi connectivity index (χ1v) is 5.80. The minimum atomic E-state index is 0.430. The summed E-state index contributed by atoms with van der Waals surface area (Å²) in [5, 5.41) is 0. The third kappa shape index (κ3) is 2.33. The van der Waals surface area contributed by atoms with Gasteiger partial charge in [-0.2, -0.15) is 0 Å². The van der Waals surface area contributed by atoms with E-state index in [4.69, 9.17) is 5.73 Å². The first kappa shape index (κ1) is 12.1. The number of benzene rings is 2. The molecule has 0 aliphatic heterocycles. The minimum Gasteiger partial charge on any atom is -0.398 e. The number of hydrogen-bond donors (Lipinski definition) is 1. The van der Waals surface area contributed by atoms with Crippen molar-refractivity contribution in [2.24, 2.45) is 0 Å². The number of hydrogen-bond acceptors (Lipinski definition) is 2. The molecule has 0 spiro atoms. The molecule has 0 aliphatic rings. The summed E-state index contributed by atoms with van der Waals surface area (Å²) in [6.07, 6.45) is 3.10. The van der Waals surface area contributed by atoms with Crippen LogP contribution in [0.15, 0.2) is 49.0 Å². The molecule has 0 radical (unpaired) electrons. The van der Waals surface area contributed by atoms with Gasteiger partial charge in [0.1, 0.15) is 6.29 Å². The molecule has 2 nitrogen and oxygen atoms in total. The Morgan fingerprint density at radius 1 is 1.17 bits per heavy atom. The van der Waals surface area contributed by atoms with Gasteiger partial charge in [0.05, 0.1) is 0 Å². The number of carbonyl (C=O) groups excluding carboxylic acids is 1. The molecule has 90 valence electrons. The van der Waals surface area contributed by atoms with Gasteiger partial charge in [-0.3, -0.25) is 0 Å². The normalized spacial score (nSPS) is 10.0. The molecule has 0 aromatic heterocycles. The van der Waals surface area contributed by atoms with Gasteiger partial charge in [0.2, 0.25) is 0 Å². The summed E-state index contributed by atoms with van der Waals surface area (Å²) in [6.45, 7) is 3.80. The van der Waals surface area contributed by atoms with Crippen LogP contribution in [0.3, 0.4) is 0 Å². The quantitative estimate of drug-likeness (QED) is 0.654. The van der Waals surface area contributed by atoms with Gasteiger partial charge in [0.15, 0.2) is 0 Å². The van der Waals surface area contributed by atoms with Crippen LogP contribution in [0.25, 0.3) is 17.2 Å². The number of rotatable bonds is 4. The Morgan fingerprint density at radius 2 is 1.94 bits per heavy atom. The smallest absolute Gasteiger partial charge is 0.124 e. The lowest BCUT2D eigenvalue weighted by molar-refractivity contribution is -0.107. The topological polar surface area (TPSA) is 43.1 Å². The Balaban J connectivity index is 2.54. The van der Waals surface area contributed by atoms with Gasteiger partial charge in [-0.1, -0.05) is 49.1 Å². The molecular weight excluding hydrogens is 222 g/mol. The highest BCUT2D eigenvalue weighted by Crippen LogP contribution is 2.29. The first-order chi connectivity index (χ1) is 8.76.